The lowest BCUT2D eigenvalue weighted by Gasteiger charge is -2.25. The minimum Gasteiger partial charge on any atom is -0.494 e. The number of nitrogens with one attached hydrogen (secondary N) is 1. The summed E-state index contributed by atoms with van der Waals surface area (Å²) in [5.41, 5.74) is 5.13. The van der Waals surface area contributed by atoms with Gasteiger partial charge in [0.2, 0.25) is 0 Å². The molecule has 0 unspecified atom stereocenters. The number of carbonyl (C=O) groups excluding carboxylic acids is 1. The Hall–Kier alpha value is -5.41. The van der Waals surface area contributed by atoms with Crippen LogP contribution in [0.2, 0.25) is 0 Å². The summed E-state index contributed by atoms with van der Waals surface area (Å²) in [5.74, 6) is 1.55. The summed E-state index contributed by atoms with van der Waals surface area (Å²) in [4.78, 5) is 33.2. The zero-order chi connectivity index (χ0) is 32.9. The van der Waals surface area contributed by atoms with Gasteiger partial charge in [-0.3, -0.25) is 14.2 Å². The monoisotopic (exact) mass is 645 g/mol. The van der Waals surface area contributed by atoms with Crippen LogP contribution in [0.5, 0.6) is 17.2 Å². The first-order chi connectivity index (χ1) is 22.8. The van der Waals surface area contributed by atoms with Gasteiger partial charge in [-0.15, -0.1) is 0 Å². The van der Waals surface area contributed by atoms with Gasteiger partial charge in [0.1, 0.15) is 12.4 Å². The van der Waals surface area contributed by atoms with Crippen molar-refractivity contribution in [1.29, 1.82) is 0 Å². The van der Waals surface area contributed by atoms with Gasteiger partial charge < -0.3 is 19.5 Å². The number of thiazole rings is 1. The predicted octanol–water partition coefficient (Wildman–Crippen LogP) is 6.17. The molecule has 0 spiro atoms. The molecule has 0 bridgehead atoms. The van der Waals surface area contributed by atoms with Crippen molar-refractivity contribution in [2.24, 2.45) is 4.99 Å². The van der Waals surface area contributed by atoms with Crippen LogP contribution in [-0.2, 0) is 11.4 Å². The van der Waals surface area contributed by atoms with E-state index >= 15 is 0 Å². The summed E-state index contributed by atoms with van der Waals surface area (Å²) in [6.45, 7) is 6.71. The van der Waals surface area contributed by atoms with E-state index in [4.69, 9.17) is 19.2 Å². The first-order valence-corrected chi connectivity index (χ1v) is 16.1. The normalized spacial score (nSPS) is 14.3. The molecule has 8 nitrogen and oxygen atoms in total. The Morgan fingerprint density at radius 3 is 2.38 bits per heavy atom. The topological polar surface area (TPSA) is 91.2 Å². The summed E-state index contributed by atoms with van der Waals surface area (Å²) in [6, 6.07) is 29.8. The van der Waals surface area contributed by atoms with Gasteiger partial charge >= 0.3 is 0 Å². The van der Waals surface area contributed by atoms with Crippen LogP contribution < -0.4 is 34.4 Å². The SMILES string of the molecule is CCOc1ccc([C@@H]2C(C(=O)Nc3ccccc3)=C(C)N=c3s/c(=C\c4ccc(OCc5ccc(C)cc5)c(OC)c4)c(=O)n32)cc1. The number of rotatable bonds is 10. The molecule has 2 heterocycles. The van der Waals surface area contributed by atoms with E-state index < -0.39 is 6.04 Å². The number of amides is 1. The number of aromatic nitrogens is 1. The van der Waals surface area contributed by atoms with Gasteiger partial charge in [0, 0.05) is 5.69 Å². The lowest BCUT2D eigenvalue weighted by molar-refractivity contribution is -0.113. The molecular weight excluding hydrogens is 611 g/mol. The number of methoxy groups -OCH3 is 1. The van der Waals surface area contributed by atoms with E-state index in [-0.39, 0.29) is 11.5 Å². The Labute approximate surface area is 276 Å². The van der Waals surface area contributed by atoms with Crippen LogP contribution in [0.25, 0.3) is 6.08 Å². The van der Waals surface area contributed by atoms with Crippen molar-refractivity contribution < 1.29 is 19.0 Å². The van der Waals surface area contributed by atoms with E-state index in [1.807, 2.05) is 105 Å². The molecule has 1 aliphatic rings. The highest BCUT2D eigenvalue weighted by molar-refractivity contribution is 7.07. The second-order valence-corrected chi connectivity index (χ2v) is 12.1. The Morgan fingerprint density at radius 2 is 1.68 bits per heavy atom. The molecule has 0 saturated heterocycles. The minimum absolute atomic E-state index is 0.246. The van der Waals surface area contributed by atoms with Crippen LogP contribution >= 0.6 is 11.3 Å². The number of hydrogen-bond donors (Lipinski definition) is 1. The predicted molar refractivity (Wildman–Crippen MR) is 185 cm³/mol. The molecule has 1 aromatic heterocycles. The molecule has 1 amide bonds. The summed E-state index contributed by atoms with van der Waals surface area (Å²) in [5, 5.41) is 2.98. The molecule has 238 valence electrons. The Morgan fingerprint density at radius 1 is 0.936 bits per heavy atom. The van der Waals surface area contributed by atoms with E-state index in [1.165, 1.54) is 16.9 Å². The number of para-hydroxylation sites is 1. The third-order valence-corrected chi connectivity index (χ3v) is 8.79. The summed E-state index contributed by atoms with van der Waals surface area (Å²) in [7, 11) is 1.59. The van der Waals surface area contributed by atoms with Gasteiger partial charge in [0.05, 0.1) is 35.6 Å². The van der Waals surface area contributed by atoms with E-state index in [0.717, 1.165) is 16.7 Å². The van der Waals surface area contributed by atoms with Crippen molar-refractivity contribution in [3.05, 3.63) is 150 Å². The average molecular weight is 646 g/mol. The molecule has 9 heteroatoms. The summed E-state index contributed by atoms with van der Waals surface area (Å²) < 4.78 is 19.4. The van der Waals surface area contributed by atoms with Crippen molar-refractivity contribution in [2.45, 2.75) is 33.4 Å². The first kappa shape index (κ1) is 31.6. The molecule has 1 atom stereocenters. The third-order valence-electron chi connectivity index (χ3n) is 7.81. The van der Waals surface area contributed by atoms with Crippen LogP contribution in [0.15, 0.2) is 118 Å². The average Bonchev–Trinajstić information content (AvgIpc) is 3.38. The molecule has 1 N–H and O–H groups in total. The lowest BCUT2D eigenvalue weighted by Crippen LogP contribution is -2.40. The number of carbonyl (C=O) groups is 1. The minimum atomic E-state index is -0.695. The number of anilines is 1. The molecule has 47 heavy (non-hydrogen) atoms. The summed E-state index contributed by atoms with van der Waals surface area (Å²) >= 11 is 1.28. The fraction of sp³-hybridized carbons (Fsp3) is 0.184. The largest absolute Gasteiger partial charge is 0.494 e. The van der Waals surface area contributed by atoms with Gasteiger partial charge in [-0.25, -0.2) is 4.99 Å². The fourth-order valence-electron chi connectivity index (χ4n) is 5.45. The van der Waals surface area contributed by atoms with Gasteiger partial charge in [0.25, 0.3) is 11.5 Å². The van der Waals surface area contributed by atoms with Gasteiger partial charge in [-0.05, 0) is 79.9 Å². The van der Waals surface area contributed by atoms with Crippen LogP contribution in [-0.4, -0.2) is 24.2 Å². The molecule has 6 rings (SSSR count). The van der Waals surface area contributed by atoms with Crippen LogP contribution in [0, 0.1) is 6.92 Å². The molecule has 4 aromatic carbocycles. The number of fused-ring (bicyclic) bond motifs is 1. The van der Waals surface area contributed by atoms with Crippen LogP contribution in [0.1, 0.15) is 42.1 Å². The number of benzene rings is 4. The number of hydrogen-bond acceptors (Lipinski definition) is 7. The standard InChI is InChI=1S/C38H35N3O5S/c1-5-45-30-18-16-28(17-19-30)35-34(36(42)40-29-9-7-6-8-10-29)25(3)39-38-41(35)37(43)33(47-38)22-27-15-20-31(32(21-27)44-4)46-23-26-13-11-24(2)12-14-26/h6-22,35H,5,23H2,1-4H3,(H,40,42)/b33-22-/t35-/m1/s1. The number of ether oxygens (including phenoxy) is 3. The number of aryl methyl sites for hydroxylation is 1. The molecule has 0 aliphatic carbocycles. The highest BCUT2D eigenvalue weighted by Gasteiger charge is 2.32. The maximum atomic E-state index is 14.2. The Bertz CT molecular complexity index is 2120. The Kier molecular flexibility index (Phi) is 9.35. The second kappa shape index (κ2) is 13.9. The van der Waals surface area contributed by atoms with Crippen molar-refractivity contribution in [3.8, 4) is 17.2 Å². The molecule has 5 aromatic rings. The van der Waals surface area contributed by atoms with Crippen molar-refractivity contribution in [1.82, 2.24) is 4.57 Å². The van der Waals surface area contributed by atoms with E-state index in [9.17, 15) is 9.59 Å². The highest BCUT2D eigenvalue weighted by Crippen LogP contribution is 2.32. The maximum absolute atomic E-state index is 14.2. The molecule has 0 fully saturated rings. The maximum Gasteiger partial charge on any atom is 0.271 e. The van der Waals surface area contributed by atoms with Gasteiger partial charge in [0.15, 0.2) is 16.3 Å². The van der Waals surface area contributed by atoms with Gasteiger partial charge in [-0.1, -0.05) is 77.6 Å². The number of allylic oxidation sites excluding steroid dienone is 1. The fourth-order valence-corrected chi connectivity index (χ4v) is 6.50. The van der Waals surface area contributed by atoms with Crippen molar-refractivity contribution >= 4 is 29.0 Å². The lowest BCUT2D eigenvalue weighted by atomic mass is 9.95. The third kappa shape index (κ3) is 6.90. The van der Waals surface area contributed by atoms with Crippen molar-refractivity contribution in [3.63, 3.8) is 0 Å². The van der Waals surface area contributed by atoms with Crippen molar-refractivity contribution in [2.75, 3.05) is 19.0 Å². The van der Waals surface area contributed by atoms with Crippen LogP contribution in [0.4, 0.5) is 5.69 Å². The van der Waals surface area contributed by atoms with E-state index in [0.29, 0.717) is 56.8 Å². The zero-order valence-electron chi connectivity index (χ0n) is 26.7. The smallest absolute Gasteiger partial charge is 0.271 e. The van der Waals surface area contributed by atoms with E-state index in [1.54, 1.807) is 18.6 Å². The molecule has 0 radical (unpaired) electrons. The summed E-state index contributed by atoms with van der Waals surface area (Å²) in [6.07, 6.45) is 1.81. The van der Waals surface area contributed by atoms with Gasteiger partial charge in [-0.2, -0.15) is 0 Å². The molecule has 0 saturated carbocycles. The highest BCUT2D eigenvalue weighted by atomic mass is 32.1. The first-order valence-electron chi connectivity index (χ1n) is 15.3. The number of nitrogens with zero attached hydrogens (tertiary/aromatic N) is 2. The second-order valence-electron chi connectivity index (χ2n) is 11.1. The van der Waals surface area contributed by atoms with Crippen LogP contribution in [0.3, 0.4) is 0 Å². The zero-order valence-corrected chi connectivity index (χ0v) is 27.5. The quantitative estimate of drug-likeness (QED) is 0.196. The molecule has 1 aliphatic heterocycles. The van der Waals surface area contributed by atoms with E-state index in [2.05, 4.69) is 17.4 Å². The Balaban J connectivity index is 1.37. The molecular formula is C38H35N3O5S.